The first-order valence-electron chi connectivity index (χ1n) is 5.41. The molecule has 100 valence electrons. The molecule has 0 aliphatic heterocycles. The number of anilines is 1. The lowest BCUT2D eigenvalue weighted by atomic mass is 10.2. The molecule has 0 atom stereocenters. The van der Waals surface area contributed by atoms with Crippen molar-refractivity contribution in [3.63, 3.8) is 0 Å². The second-order valence-corrected chi connectivity index (χ2v) is 5.95. The van der Waals surface area contributed by atoms with Gasteiger partial charge in [0.25, 0.3) is 5.91 Å². The van der Waals surface area contributed by atoms with E-state index >= 15 is 0 Å². The van der Waals surface area contributed by atoms with E-state index in [4.69, 9.17) is 9.47 Å². The summed E-state index contributed by atoms with van der Waals surface area (Å²) in [6, 6.07) is 7.01. The standard InChI is InChI=1S/C13H12BrNO3S/c1-17-9-3-4-10(11(6-9)18-2)15-13(16)8-5-12(14)19-7-8/h3-7H,1-2H3,(H,15,16). The van der Waals surface area contributed by atoms with Crippen molar-refractivity contribution in [3.05, 3.63) is 39.0 Å². The fraction of sp³-hybridized carbons (Fsp3) is 0.154. The Morgan fingerprint density at radius 2 is 2.05 bits per heavy atom. The quantitative estimate of drug-likeness (QED) is 0.920. The highest BCUT2D eigenvalue weighted by Crippen LogP contribution is 2.30. The molecule has 0 saturated heterocycles. The zero-order chi connectivity index (χ0) is 13.8. The van der Waals surface area contributed by atoms with Crippen molar-refractivity contribution in [2.24, 2.45) is 0 Å². The number of carbonyl (C=O) groups is 1. The third-order valence-electron chi connectivity index (χ3n) is 2.49. The van der Waals surface area contributed by atoms with Crippen molar-refractivity contribution in [2.45, 2.75) is 0 Å². The molecule has 4 nitrogen and oxygen atoms in total. The molecule has 0 fully saturated rings. The van der Waals surface area contributed by atoms with Gasteiger partial charge in [0, 0.05) is 11.4 Å². The molecule has 0 unspecified atom stereocenters. The first-order valence-corrected chi connectivity index (χ1v) is 7.08. The van der Waals surface area contributed by atoms with Crippen LogP contribution in [0.2, 0.25) is 0 Å². The number of carbonyl (C=O) groups excluding carboxylic acids is 1. The zero-order valence-electron chi connectivity index (χ0n) is 10.4. The average Bonchev–Trinajstić information content (AvgIpc) is 2.86. The maximum atomic E-state index is 12.0. The largest absolute Gasteiger partial charge is 0.497 e. The lowest BCUT2D eigenvalue weighted by molar-refractivity contribution is 0.102. The molecule has 6 heteroatoms. The van der Waals surface area contributed by atoms with E-state index in [-0.39, 0.29) is 5.91 Å². The number of nitrogens with one attached hydrogen (secondary N) is 1. The predicted octanol–water partition coefficient (Wildman–Crippen LogP) is 3.78. The van der Waals surface area contributed by atoms with E-state index in [1.54, 1.807) is 43.9 Å². The fourth-order valence-electron chi connectivity index (χ4n) is 1.53. The molecule has 1 amide bonds. The van der Waals surface area contributed by atoms with Gasteiger partial charge < -0.3 is 14.8 Å². The Balaban J connectivity index is 2.21. The molecule has 2 rings (SSSR count). The van der Waals surface area contributed by atoms with Crippen LogP contribution in [-0.2, 0) is 0 Å². The number of amides is 1. The lowest BCUT2D eigenvalue weighted by Gasteiger charge is -2.11. The Hall–Kier alpha value is -1.53. The summed E-state index contributed by atoms with van der Waals surface area (Å²) in [6.07, 6.45) is 0. The third-order valence-corrected chi connectivity index (χ3v) is 3.99. The number of ether oxygens (including phenoxy) is 2. The molecule has 2 aromatic rings. The van der Waals surface area contributed by atoms with Gasteiger partial charge in [-0.25, -0.2) is 0 Å². The van der Waals surface area contributed by atoms with Crippen molar-refractivity contribution in [1.82, 2.24) is 0 Å². The summed E-state index contributed by atoms with van der Waals surface area (Å²) in [5.74, 6) is 1.06. The van der Waals surface area contributed by atoms with E-state index in [1.165, 1.54) is 11.3 Å². The fourth-order valence-corrected chi connectivity index (χ4v) is 2.66. The number of hydrogen-bond acceptors (Lipinski definition) is 4. The van der Waals surface area contributed by atoms with E-state index in [0.29, 0.717) is 22.7 Å². The number of hydrogen-bond donors (Lipinski definition) is 1. The van der Waals surface area contributed by atoms with Crippen molar-refractivity contribution >= 4 is 38.9 Å². The molecule has 1 N–H and O–H groups in total. The molecule has 1 aromatic heterocycles. The summed E-state index contributed by atoms with van der Waals surface area (Å²) >= 11 is 4.79. The van der Waals surface area contributed by atoms with E-state index in [9.17, 15) is 4.79 Å². The van der Waals surface area contributed by atoms with Gasteiger partial charge in [0.05, 0.1) is 29.3 Å². The second kappa shape index (κ2) is 6.08. The van der Waals surface area contributed by atoms with Gasteiger partial charge in [0.1, 0.15) is 11.5 Å². The molecular formula is C13H12BrNO3S. The van der Waals surface area contributed by atoms with Gasteiger partial charge in [-0.3, -0.25) is 4.79 Å². The highest BCUT2D eigenvalue weighted by atomic mass is 79.9. The minimum atomic E-state index is -0.176. The van der Waals surface area contributed by atoms with Crippen LogP contribution in [0, 0.1) is 0 Å². The van der Waals surface area contributed by atoms with Gasteiger partial charge in [-0.05, 0) is 34.1 Å². The normalized spacial score (nSPS) is 10.1. The van der Waals surface area contributed by atoms with Crippen LogP contribution < -0.4 is 14.8 Å². The summed E-state index contributed by atoms with van der Waals surface area (Å²) in [7, 11) is 3.13. The molecule has 0 bridgehead atoms. The van der Waals surface area contributed by atoms with Crippen LogP contribution >= 0.6 is 27.3 Å². The first-order chi connectivity index (χ1) is 9.13. The van der Waals surface area contributed by atoms with Crippen LogP contribution in [0.4, 0.5) is 5.69 Å². The van der Waals surface area contributed by atoms with Gasteiger partial charge in [-0.2, -0.15) is 0 Å². The van der Waals surface area contributed by atoms with E-state index in [0.717, 1.165) is 3.79 Å². The van der Waals surface area contributed by atoms with Crippen LogP contribution in [-0.4, -0.2) is 20.1 Å². The topological polar surface area (TPSA) is 47.6 Å². The van der Waals surface area contributed by atoms with Crippen LogP contribution in [0.5, 0.6) is 11.5 Å². The zero-order valence-corrected chi connectivity index (χ0v) is 12.8. The number of halogens is 1. The molecular weight excluding hydrogens is 330 g/mol. The van der Waals surface area contributed by atoms with Crippen molar-refractivity contribution in [1.29, 1.82) is 0 Å². The Kier molecular flexibility index (Phi) is 4.44. The first kappa shape index (κ1) is 13.9. The van der Waals surface area contributed by atoms with E-state index in [2.05, 4.69) is 21.2 Å². The van der Waals surface area contributed by atoms with Gasteiger partial charge in [0.2, 0.25) is 0 Å². The Morgan fingerprint density at radius 3 is 2.63 bits per heavy atom. The van der Waals surface area contributed by atoms with Crippen LogP contribution in [0.1, 0.15) is 10.4 Å². The number of thiophene rings is 1. The lowest BCUT2D eigenvalue weighted by Crippen LogP contribution is -2.11. The highest BCUT2D eigenvalue weighted by Gasteiger charge is 2.12. The summed E-state index contributed by atoms with van der Waals surface area (Å²) in [5.41, 5.74) is 1.21. The third kappa shape index (κ3) is 3.27. The maximum absolute atomic E-state index is 12.0. The average molecular weight is 342 g/mol. The van der Waals surface area contributed by atoms with Crippen LogP contribution in [0.3, 0.4) is 0 Å². The number of benzene rings is 1. The molecule has 19 heavy (non-hydrogen) atoms. The molecule has 1 aromatic carbocycles. The number of rotatable bonds is 4. The second-order valence-electron chi connectivity index (χ2n) is 3.66. The molecule has 1 heterocycles. The smallest absolute Gasteiger partial charge is 0.256 e. The van der Waals surface area contributed by atoms with Gasteiger partial charge >= 0.3 is 0 Å². The molecule has 0 spiro atoms. The molecule has 0 aliphatic rings. The minimum Gasteiger partial charge on any atom is -0.497 e. The highest BCUT2D eigenvalue weighted by molar-refractivity contribution is 9.11. The van der Waals surface area contributed by atoms with Crippen LogP contribution in [0.25, 0.3) is 0 Å². The summed E-state index contributed by atoms with van der Waals surface area (Å²) in [4.78, 5) is 12.0. The van der Waals surface area contributed by atoms with Crippen LogP contribution in [0.15, 0.2) is 33.4 Å². The van der Waals surface area contributed by atoms with Gasteiger partial charge in [-0.1, -0.05) is 0 Å². The van der Waals surface area contributed by atoms with Gasteiger partial charge in [-0.15, -0.1) is 11.3 Å². The Labute approximate surface area is 123 Å². The van der Waals surface area contributed by atoms with Crippen molar-refractivity contribution < 1.29 is 14.3 Å². The molecule has 0 aliphatic carbocycles. The van der Waals surface area contributed by atoms with Crippen molar-refractivity contribution in [2.75, 3.05) is 19.5 Å². The van der Waals surface area contributed by atoms with E-state index in [1.807, 2.05) is 0 Å². The summed E-state index contributed by atoms with van der Waals surface area (Å²) < 4.78 is 11.3. The monoisotopic (exact) mass is 341 g/mol. The predicted molar refractivity (Wildman–Crippen MR) is 79.5 cm³/mol. The number of methoxy groups -OCH3 is 2. The van der Waals surface area contributed by atoms with Crippen molar-refractivity contribution in [3.8, 4) is 11.5 Å². The van der Waals surface area contributed by atoms with Gasteiger partial charge in [0.15, 0.2) is 0 Å². The minimum absolute atomic E-state index is 0.176. The van der Waals surface area contributed by atoms with E-state index < -0.39 is 0 Å². The maximum Gasteiger partial charge on any atom is 0.256 e. The SMILES string of the molecule is COc1ccc(NC(=O)c2csc(Br)c2)c(OC)c1. The Morgan fingerprint density at radius 1 is 1.26 bits per heavy atom. The summed E-state index contributed by atoms with van der Waals surface area (Å²) in [6.45, 7) is 0. The molecule has 0 radical (unpaired) electrons. The molecule has 0 saturated carbocycles. The Bertz CT molecular complexity index is 597. The summed E-state index contributed by atoms with van der Waals surface area (Å²) in [5, 5.41) is 4.60.